The van der Waals surface area contributed by atoms with Gasteiger partial charge in [-0.05, 0) is 31.6 Å². The summed E-state index contributed by atoms with van der Waals surface area (Å²) in [4.78, 5) is 25.5. The van der Waals surface area contributed by atoms with Crippen LogP contribution in [-0.4, -0.2) is 30.5 Å². The number of nitrogen functional groups attached to an aromatic ring is 1. The van der Waals surface area contributed by atoms with Gasteiger partial charge in [0.15, 0.2) is 5.65 Å². The summed E-state index contributed by atoms with van der Waals surface area (Å²) in [6, 6.07) is 3.40. The Morgan fingerprint density at radius 1 is 1.28 bits per heavy atom. The second-order valence-corrected chi connectivity index (χ2v) is 7.42. The van der Waals surface area contributed by atoms with E-state index in [0.717, 1.165) is 5.70 Å². The molecule has 0 spiro atoms. The molecule has 0 radical (unpaired) electrons. The lowest BCUT2D eigenvalue weighted by atomic mass is 9.93. The van der Waals surface area contributed by atoms with E-state index in [-0.39, 0.29) is 28.6 Å². The second kappa shape index (κ2) is 6.89. The second-order valence-electron chi connectivity index (χ2n) is 6.99. The Kier molecular flexibility index (Phi) is 4.50. The predicted molar refractivity (Wildman–Crippen MR) is 112 cm³/mol. The fraction of sp³-hybridized carbons (Fsp3) is 0.200. The van der Waals surface area contributed by atoms with E-state index < -0.39 is 5.91 Å². The maximum Gasteiger partial charge on any atom is 0.254 e. The number of nitrogens with two attached hydrogens (primary N) is 2. The molecular weight excluding hydrogens is 392 g/mol. The largest absolute Gasteiger partial charge is 0.508 e. The predicted octanol–water partition coefficient (Wildman–Crippen LogP) is 3.54. The Hall–Kier alpha value is -3.39. The Bertz CT molecular complexity index is 1210. The Morgan fingerprint density at radius 3 is 2.69 bits per heavy atom. The molecule has 1 aliphatic rings. The van der Waals surface area contributed by atoms with E-state index in [4.69, 9.17) is 23.1 Å². The molecule has 5 N–H and O–H groups in total. The van der Waals surface area contributed by atoms with Crippen molar-refractivity contribution < 1.29 is 9.90 Å². The number of nitrogens with zero attached hydrogens (tertiary/aromatic N) is 4. The van der Waals surface area contributed by atoms with Gasteiger partial charge in [-0.2, -0.15) is 0 Å². The Morgan fingerprint density at radius 2 is 2.03 bits per heavy atom. The fourth-order valence-corrected chi connectivity index (χ4v) is 3.75. The third-order valence-electron chi connectivity index (χ3n) is 5.08. The summed E-state index contributed by atoms with van der Waals surface area (Å²) in [6.45, 7) is 3.81. The number of fused-ring (bicyclic) bond motifs is 1. The maximum absolute atomic E-state index is 12.2. The lowest BCUT2D eigenvalue weighted by Gasteiger charge is -2.24. The number of halogens is 1. The molecule has 1 amide bonds. The average Bonchev–Trinajstić information content (AvgIpc) is 2.97. The standard InChI is InChI=1S/C20H19ClN6O2/c1-9-3-6-14(28)10(2)17(9)27-18(22)15(19(23)29)16-20(27)25-8-13(26-16)12-5-4-11(21)7-24-12/h4-9,28H,3,22H2,1-2H3,(H2,23,29)/t9-/m1/s1. The Labute approximate surface area is 171 Å². The monoisotopic (exact) mass is 410 g/mol. The van der Waals surface area contributed by atoms with Crippen molar-refractivity contribution in [2.45, 2.75) is 20.3 Å². The number of carbonyl (C=O) groups excluding carboxylic acids is 1. The number of carbonyl (C=O) groups is 1. The molecule has 0 bridgehead atoms. The smallest absolute Gasteiger partial charge is 0.254 e. The minimum absolute atomic E-state index is 0.0453. The maximum atomic E-state index is 12.2. The number of hydrogen-bond donors (Lipinski definition) is 3. The summed E-state index contributed by atoms with van der Waals surface area (Å²) in [5.74, 6) is -0.341. The first-order valence-electron chi connectivity index (χ1n) is 8.98. The lowest BCUT2D eigenvalue weighted by molar-refractivity contribution is 0.100. The number of rotatable bonds is 3. The van der Waals surface area contributed by atoms with Crippen LogP contribution in [0.3, 0.4) is 0 Å². The number of allylic oxidation sites excluding steroid dienone is 3. The van der Waals surface area contributed by atoms with Gasteiger partial charge in [-0.15, -0.1) is 0 Å². The number of hydrogen-bond acceptors (Lipinski definition) is 6. The van der Waals surface area contributed by atoms with Gasteiger partial charge >= 0.3 is 0 Å². The number of aliphatic hydroxyl groups excluding tert-OH is 1. The highest BCUT2D eigenvalue weighted by molar-refractivity contribution is 6.30. The van der Waals surface area contributed by atoms with E-state index >= 15 is 0 Å². The van der Waals surface area contributed by atoms with E-state index in [1.165, 1.54) is 6.20 Å². The van der Waals surface area contributed by atoms with Gasteiger partial charge < -0.3 is 16.6 Å². The van der Waals surface area contributed by atoms with Crippen molar-refractivity contribution in [3.05, 3.63) is 52.5 Å². The minimum Gasteiger partial charge on any atom is -0.508 e. The molecule has 3 aromatic heterocycles. The van der Waals surface area contributed by atoms with Gasteiger partial charge in [0, 0.05) is 23.4 Å². The molecule has 0 aromatic carbocycles. The number of amides is 1. The molecule has 4 rings (SSSR count). The number of pyridine rings is 1. The zero-order valence-corrected chi connectivity index (χ0v) is 16.6. The van der Waals surface area contributed by atoms with E-state index in [1.807, 2.05) is 6.92 Å². The van der Waals surface area contributed by atoms with E-state index in [0.29, 0.717) is 34.1 Å². The normalized spacial score (nSPS) is 16.9. The number of primary amides is 1. The van der Waals surface area contributed by atoms with Gasteiger partial charge in [-0.25, -0.2) is 9.97 Å². The number of aliphatic hydroxyl groups is 1. The van der Waals surface area contributed by atoms with Crippen LogP contribution in [-0.2, 0) is 0 Å². The Balaban J connectivity index is 2.01. The molecule has 3 heterocycles. The van der Waals surface area contributed by atoms with E-state index in [9.17, 15) is 9.90 Å². The molecule has 0 saturated carbocycles. The van der Waals surface area contributed by atoms with Crippen LogP contribution in [0.15, 0.2) is 41.9 Å². The fourth-order valence-electron chi connectivity index (χ4n) is 3.64. The molecule has 148 valence electrons. The topological polar surface area (TPSA) is 133 Å². The van der Waals surface area contributed by atoms with Crippen LogP contribution in [0, 0.1) is 5.92 Å². The third kappa shape index (κ3) is 3.01. The quantitative estimate of drug-likeness (QED) is 0.604. The number of aromatic nitrogens is 4. The van der Waals surface area contributed by atoms with Crippen LogP contribution in [0.2, 0.25) is 5.02 Å². The first kappa shape index (κ1) is 18.9. The molecule has 1 atom stereocenters. The molecule has 9 heteroatoms. The van der Waals surface area contributed by atoms with Gasteiger partial charge in [-0.1, -0.05) is 18.5 Å². The van der Waals surface area contributed by atoms with Crippen LogP contribution in [0.1, 0.15) is 30.6 Å². The van der Waals surface area contributed by atoms with Crippen molar-refractivity contribution in [3.63, 3.8) is 0 Å². The molecule has 0 fully saturated rings. The molecule has 0 unspecified atom stereocenters. The van der Waals surface area contributed by atoms with Crippen LogP contribution in [0.25, 0.3) is 28.2 Å². The lowest BCUT2D eigenvalue weighted by Crippen LogP contribution is -2.17. The number of anilines is 1. The highest BCUT2D eigenvalue weighted by Gasteiger charge is 2.29. The highest BCUT2D eigenvalue weighted by atomic mass is 35.5. The van der Waals surface area contributed by atoms with Gasteiger partial charge in [-0.3, -0.25) is 14.3 Å². The van der Waals surface area contributed by atoms with E-state index in [2.05, 4.69) is 15.0 Å². The molecular formula is C20H19ClN6O2. The van der Waals surface area contributed by atoms with Gasteiger partial charge in [0.25, 0.3) is 5.91 Å². The molecule has 3 aromatic rings. The van der Waals surface area contributed by atoms with Crippen molar-refractivity contribution in [1.82, 2.24) is 19.5 Å². The van der Waals surface area contributed by atoms with Gasteiger partial charge in [0.2, 0.25) is 0 Å². The van der Waals surface area contributed by atoms with Crippen molar-refractivity contribution in [1.29, 1.82) is 0 Å². The summed E-state index contributed by atoms with van der Waals surface area (Å²) < 4.78 is 1.66. The summed E-state index contributed by atoms with van der Waals surface area (Å²) in [5, 5.41) is 10.7. The third-order valence-corrected chi connectivity index (χ3v) is 5.30. The van der Waals surface area contributed by atoms with Crippen LogP contribution >= 0.6 is 11.6 Å². The molecule has 0 saturated heterocycles. The van der Waals surface area contributed by atoms with Gasteiger partial charge in [0.1, 0.15) is 28.4 Å². The van der Waals surface area contributed by atoms with Crippen LogP contribution in [0.4, 0.5) is 5.82 Å². The molecule has 8 nitrogen and oxygen atoms in total. The SMILES string of the molecule is CC1=C(n2c(N)c(C(N)=O)c3nc(-c4ccc(Cl)cn4)cnc32)[C@H](C)CC=C1O. The van der Waals surface area contributed by atoms with Crippen molar-refractivity contribution >= 4 is 40.2 Å². The summed E-state index contributed by atoms with van der Waals surface area (Å²) in [5.41, 5.74) is 15.1. The first-order chi connectivity index (χ1) is 13.8. The van der Waals surface area contributed by atoms with E-state index in [1.54, 1.807) is 35.9 Å². The first-order valence-corrected chi connectivity index (χ1v) is 9.36. The van der Waals surface area contributed by atoms with Crippen molar-refractivity contribution in [2.75, 3.05) is 5.73 Å². The average molecular weight is 411 g/mol. The zero-order chi connectivity index (χ0) is 20.9. The zero-order valence-electron chi connectivity index (χ0n) is 15.8. The summed E-state index contributed by atoms with van der Waals surface area (Å²) >= 11 is 5.90. The minimum atomic E-state index is -0.705. The highest BCUT2D eigenvalue weighted by Crippen LogP contribution is 2.38. The summed E-state index contributed by atoms with van der Waals surface area (Å²) in [7, 11) is 0. The van der Waals surface area contributed by atoms with Gasteiger partial charge in [0.05, 0.1) is 16.9 Å². The molecule has 29 heavy (non-hydrogen) atoms. The van der Waals surface area contributed by atoms with Crippen LogP contribution < -0.4 is 11.5 Å². The van der Waals surface area contributed by atoms with Crippen molar-refractivity contribution in [3.8, 4) is 11.4 Å². The summed E-state index contributed by atoms with van der Waals surface area (Å²) in [6.07, 6.45) is 5.45. The van der Waals surface area contributed by atoms with Crippen molar-refractivity contribution in [2.24, 2.45) is 11.7 Å². The molecule has 0 aliphatic heterocycles. The molecule has 1 aliphatic carbocycles. The van der Waals surface area contributed by atoms with Crippen LogP contribution in [0.5, 0.6) is 0 Å².